The van der Waals surface area contributed by atoms with Crippen LogP contribution in [0.1, 0.15) is 61.3 Å². The lowest BCUT2D eigenvalue weighted by molar-refractivity contribution is 0.0932. The second-order valence-electron chi connectivity index (χ2n) is 7.62. The van der Waals surface area contributed by atoms with E-state index in [-0.39, 0.29) is 24.3 Å². The number of amides is 1. The highest BCUT2D eigenvalue weighted by molar-refractivity contribution is 5.95. The largest absolute Gasteiger partial charge is 0.454 e. The van der Waals surface area contributed by atoms with Crippen LogP contribution < -0.4 is 14.8 Å². The minimum Gasteiger partial charge on any atom is -0.454 e. The predicted molar refractivity (Wildman–Crippen MR) is 92.9 cm³/mol. The number of rotatable bonds is 2. The fourth-order valence-corrected chi connectivity index (χ4v) is 3.56. The third-order valence-corrected chi connectivity index (χ3v) is 4.76. The molecule has 1 aromatic heterocycles. The molecule has 4 rings (SSSR count). The van der Waals surface area contributed by atoms with E-state index in [4.69, 9.17) is 9.47 Å². The highest BCUT2D eigenvalue weighted by Crippen LogP contribution is 2.34. The first-order valence-corrected chi connectivity index (χ1v) is 8.71. The Kier molecular flexibility index (Phi) is 3.71. The number of nitrogens with zero attached hydrogens (tertiary/aromatic N) is 2. The third kappa shape index (κ3) is 2.86. The summed E-state index contributed by atoms with van der Waals surface area (Å²) in [7, 11) is 0. The number of fused-ring (bicyclic) bond motifs is 2. The van der Waals surface area contributed by atoms with Gasteiger partial charge in [0, 0.05) is 16.8 Å². The maximum atomic E-state index is 12.7. The number of carbonyl (C=O) groups is 1. The molecule has 25 heavy (non-hydrogen) atoms. The first-order chi connectivity index (χ1) is 11.9. The first-order valence-electron chi connectivity index (χ1n) is 8.71. The number of carbonyl (C=O) groups excluding carboxylic acids is 1. The lowest BCUT2D eigenvalue weighted by Crippen LogP contribution is -2.32. The summed E-state index contributed by atoms with van der Waals surface area (Å²) in [5.41, 5.74) is 2.89. The van der Waals surface area contributed by atoms with Crippen LogP contribution in [0, 0.1) is 0 Å². The number of aromatic nitrogens is 2. The van der Waals surface area contributed by atoms with Gasteiger partial charge in [0.2, 0.25) is 6.79 Å². The molecule has 1 amide bonds. The highest BCUT2D eigenvalue weighted by atomic mass is 16.7. The molecule has 1 aliphatic carbocycles. The van der Waals surface area contributed by atoms with Crippen LogP contribution in [0.15, 0.2) is 24.4 Å². The smallest absolute Gasteiger partial charge is 0.251 e. The Morgan fingerprint density at radius 2 is 2.08 bits per heavy atom. The highest BCUT2D eigenvalue weighted by Gasteiger charge is 2.29. The van der Waals surface area contributed by atoms with Crippen molar-refractivity contribution in [3.63, 3.8) is 0 Å². The normalized spacial score (nSPS) is 18.8. The SMILES string of the molecule is CC(C)(C)n1ncc2c1CCC[C@H]2NC(=O)c1ccc2c(c1)OCO2. The van der Waals surface area contributed by atoms with Gasteiger partial charge in [-0.1, -0.05) is 0 Å². The molecule has 1 aliphatic heterocycles. The summed E-state index contributed by atoms with van der Waals surface area (Å²) >= 11 is 0. The van der Waals surface area contributed by atoms with Crippen LogP contribution in [0.5, 0.6) is 11.5 Å². The lowest BCUT2D eigenvalue weighted by atomic mass is 9.92. The molecule has 0 saturated heterocycles. The summed E-state index contributed by atoms with van der Waals surface area (Å²) in [5.74, 6) is 1.21. The molecule has 1 atom stereocenters. The van der Waals surface area contributed by atoms with Gasteiger partial charge in [0.25, 0.3) is 5.91 Å². The average Bonchev–Trinajstić information content (AvgIpc) is 3.20. The number of hydrogen-bond acceptors (Lipinski definition) is 4. The van der Waals surface area contributed by atoms with Gasteiger partial charge in [-0.15, -0.1) is 0 Å². The van der Waals surface area contributed by atoms with Crippen molar-refractivity contribution in [2.45, 2.75) is 51.6 Å². The van der Waals surface area contributed by atoms with Crippen LogP contribution in [0.4, 0.5) is 0 Å². The first kappa shape index (κ1) is 16.0. The Balaban J connectivity index is 1.56. The fraction of sp³-hybridized carbons (Fsp3) is 0.474. The maximum Gasteiger partial charge on any atom is 0.251 e. The van der Waals surface area contributed by atoms with Crippen molar-refractivity contribution >= 4 is 5.91 Å². The number of benzene rings is 1. The molecular formula is C19H23N3O3. The topological polar surface area (TPSA) is 65.4 Å². The maximum absolute atomic E-state index is 12.7. The van der Waals surface area contributed by atoms with E-state index in [0.29, 0.717) is 17.1 Å². The molecule has 6 nitrogen and oxygen atoms in total. The summed E-state index contributed by atoms with van der Waals surface area (Å²) < 4.78 is 12.7. The van der Waals surface area contributed by atoms with E-state index in [0.717, 1.165) is 24.8 Å². The monoisotopic (exact) mass is 341 g/mol. The Bertz CT molecular complexity index is 820. The second-order valence-corrected chi connectivity index (χ2v) is 7.62. The lowest BCUT2D eigenvalue weighted by Gasteiger charge is -2.28. The average molecular weight is 341 g/mol. The molecule has 6 heteroatoms. The van der Waals surface area contributed by atoms with E-state index >= 15 is 0 Å². The van der Waals surface area contributed by atoms with Crippen molar-refractivity contribution in [2.75, 3.05) is 6.79 Å². The summed E-state index contributed by atoms with van der Waals surface area (Å²) in [6.07, 6.45) is 4.88. The molecule has 1 aromatic carbocycles. The summed E-state index contributed by atoms with van der Waals surface area (Å²) in [4.78, 5) is 12.7. The minimum atomic E-state index is -0.0975. The molecule has 0 bridgehead atoms. The van der Waals surface area contributed by atoms with Crippen molar-refractivity contribution in [1.82, 2.24) is 15.1 Å². The zero-order chi connectivity index (χ0) is 17.6. The number of ether oxygens (including phenoxy) is 2. The van der Waals surface area contributed by atoms with Gasteiger partial charge in [0.05, 0.1) is 17.8 Å². The van der Waals surface area contributed by atoms with Crippen LogP contribution in [-0.2, 0) is 12.0 Å². The molecule has 0 unspecified atom stereocenters. The summed E-state index contributed by atoms with van der Waals surface area (Å²) in [6.45, 7) is 6.65. The molecule has 0 radical (unpaired) electrons. The van der Waals surface area contributed by atoms with Crippen LogP contribution in [0.3, 0.4) is 0 Å². The van der Waals surface area contributed by atoms with Crippen molar-refractivity contribution < 1.29 is 14.3 Å². The molecular weight excluding hydrogens is 318 g/mol. The van der Waals surface area contributed by atoms with E-state index in [9.17, 15) is 4.79 Å². The molecule has 0 fully saturated rings. The fourth-order valence-electron chi connectivity index (χ4n) is 3.56. The molecule has 1 N–H and O–H groups in total. The predicted octanol–water partition coefficient (Wildman–Crippen LogP) is 3.17. The number of nitrogens with one attached hydrogen (secondary N) is 1. The molecule has 2 aromatic rings. The third-order valence-electron chi connectivity index (χ3n) is 4.76. The van der Waals surface area contributed by atoms with E-state index < -0.39 is 0 Å². The van der Waals surface area contributed by atoms with Crippen LogP contribution in [0.25, 0.3) is 0 Å². The Labute approximate surface area is 147 Å². The molecule has 132 valence electrons. The Hall–Kier alpha value is -2.50. The summed E-state index contributed by atoms with van der Waals surface area (Å²) in [5, 5.41) is 7.73. The van der Waals surface area contributed by atoms with Gasteiger partial charge in [0.15, 0.2) is 11.5 Å². The standard InChI is InChI=1S/C19H23N3O3/c1-19(2,3)22-15-6-4-5-14(13(15)10-20-22)21-18(23)12-7-8-16-17(9-12)25-11-24-16/h7-10,14H,4-6,11H2,1-3H3,(H,21,23)/t14-/m1/s1. The van der Waals surface area contributed by atoms with E-state index in [1.807, 2.05) is 6.20 Å². The Morgan fingerprint density at radius 1 is 1.28 bits per heavy atom. The Morgan fingerprint density at radius 3 is 2.88 bits per heavy atom. The van der Waals surface area contributed by atoms with Crippen molar-refractivity contribution in [2.24, 2.45) is 0 Å². The van der Waals surface area contributed by atoms with Crippen LogP contribution >= 0.6 is 0 Å². The van der Waals surface area contributed by atoms with Gasteiger partial charge < -0.3 is 14.8 Å². The zero-order valence-electron chi connectivity index (χ0n) is 14.8. The quantitative estimate of drug-likeness (QED) is 0.911. The van der Waals surface area contributed by atoms with Gasteiger partial charge in [-0.05, 0) is 58.2 Å². The van der Waals surface area contributed by atoms with Gasteiger partial charge in [-0.2, -0.15) is 5.10 Å². The van der Waals surface area contributed by atoms with Crippen molar-refractivity contribution in [3.05, 3.63) is 41.2 Å². The zero-order valence-corrected chi connectivity index (χ0v) is 14.8. The molecule has 0 saturated carbocycles. The van der Waals surface area contributed by atoms with Crippen LogP contribution in [-0.4, -0.2) is 22.5 Å². The minimum absolute atomic E-state index is 0.00206. The molecule has 0 spiro atoms. The van der Waals surface area contributed by atoms with Gasteiger partial charge in [0.1, 0.15) is 0 Å². The van der Waals surface area contributed by atoms with Crippen molar-refractivity contribution in [3.8, 4) is 11.5 Å². The molecule has 2 aliphatic rings. The van der Waals surface area contributed by atoms with Crippen molar-refractivity contribution in [1.29, 1.82) is 0 Å². The van der Waals surface area contributed by atoms with Gasteiger partial charge >= 0.3 is 0 Å². The van der Waals surface area contributed by atoms with Crippen LogP contribution in [0.2, 0.25) is 0 Å². The van der Waals surface area contributed by atoms with E-state index in [2.05, 4.69) is 35.9 Å². The second kappa shape index (κ2) is 5.79. The summed E-state index contributed by atoms with van der Waals surface area (Å²) in [6, 6.07) is 5.28. The number of hydrogen-bond donors (Lipinski definition) is 1. The van der Waals surface area contributed by atoms with E-state index in [1.165, 1.54) is 5.69 Å². The van der Waals surface area contributed by atoms with Gasteiger partial charge in [-0.3, -0.25) is 9.48 Å². The van der Waals surface area contributed by atoms with Gasteiger partial charge in [-0.25, -0.2) is 0 Å². The van der Waals surface area contributed by atoms with E-state index in [1.54, 1.807) is 18.2 Å². The molecule has 2 heterocycles.